The second kappa shape index (κ2) is 7.98. The van der Waals surface area contributed by atoms with E-state index in [2.05, 4.69) is 39.0 Å². The number of thioether (sulfide) groups is 1. The van der Waals surface area contributed by atoms with Gasteiger partial charge in [-0.05, 0) is 44.2 Å². The molecule has 0 saturated carbocycles. The van der Waals surface area contributed by atoms with Crippen molar-refractivity contribution in [2.45, 2.75) is 48.7 Å². The highest BCUT2D eigenvalue weighted by Crippen LogP contribution is 2.32. The number of fused-ring (bicyclic) bond motifs is 1. The van der Waals surface area contributed by atoms with Gasteiger partial charge in [0.1, 0.15) is 0 Å². The smallest absolute Gasteiger partial charge is 0.233 e. The average molecular weight is 363 g/mol. The predicted octanol–water partition coefficient (Wildman–Crippen LogP) is 3.64. The highest BCUT2D eigenvalue weighted by Gasteiger charge is 2.24. The molecular weight excluding hydrogens is 340 g/mol. The maximum atomic E-state index is 12.6. The summed E-state index contributed by atoms with van der Waals surface area (Å²) in [5, 5.41) is 15.2. The number of carbonyl (C=O) groups is 1. The fourth-order valence-corrected chi connectivity index (χ4v) is 4.85. The van der Waals surface area contributed by atoms with Crippen molar-refractivity contribution in [3.63, 3.8) is 0 Å². The zero-order valence-electron chi connectivity index (χ0n) is 13.9. The quantitative estimate of drug-likeness (QED) is 0.768. The Kier molecular flexibility index (Phi) is 5.73. The Bertz CT molecular complexity index is 703. The molecule has 1 heterocycles. The molecule has 5 nitrogen and oxygen atoms in total. The highest BCUT2D eigenvalue weighted by molar-refractivity contribution is 8.02. The fourth-order valence-electron chi connectivity index (χ4n) is 2.88. The molecule has 24 heavy (non-hydrogen) atoms. The molecule has 0 saturated heterocycles. The SMILES string of the molecule is CCNc1nnc(S[C@H](C)C(=O)N[C@@H]2CCCc3ccccc32)s1. The van der Waals surface area contributed by atoms with Crippen molar-refractivity contribution < 1.29 is 4.79 Å². The van der Waals surface area contributed by atoms with Crippen LogP contribution in [0.2, 0.25) is 0 Å². The largest absolute Gasteiger partial charge is 0.360 e. The molecule has 0 fully saturated rings. The van der Waals surface area contributed by atoms with Gasteiger partial charge in [0.15, 0.2) is 4.34 Å². The van der Waals surface area contributed by atoms with Crippen LogP contribution in [0.4, 0.5) is 5.13 Å². The third-order valence-electron chi connectivity index (χ3n) is 4.07. The average Bonchev–Trinajstić information content (AvgIpc) is 3.02. The summed E-state index contributed by atoms with van der Waals surface area (Å²) < 4.78 is 0.817. The summed E-state index contributed by atoms with van der Waals surface area (Å²) in [6.07, 6.45) is 3.22. The van der Waals surface area contributed by atoms with Crippen LogP contribution in [0.5, 0.6) is 0 Å². The summed E-state index contributed by atoms with van der Waals surface area (Å²) >= 11 is 2.95. The molecule has 1 aromatic heterocycles. The minimum Gasteiger partial charge on any atom is -0.360 e. The molecule has 0 aliphatic heterocycles. The van der Waals surface area contributed by atoms with Crippen LogP contribution in [-0.2, 0) is 11.2 Å². The van der Waals surface area contributed by atoms with Gasteiger partial charge in [-0.1, -0.05) is 47.4 Å². The Morgan fingerprint density at radius 1 is 1.42 bits per heavy atom. The van der Waals surface area contributed by atoms with E-state index in [9.17, 15) is 4.79 Å². The highest BCUT2D eigenvalue weighted by atomic mass is 32.2. The van der Waals surface area contributed by atoms with Gasteiger partial charge in [0.05, 0.1) is 11.3 Å². The zero-order chi connectivity index (χ0) is 16.9. The van der Waals surface area contributed by atoms with Crippen LogP contribution >= 0.6 is 23.1 Å². The van der Waals surface area contributed by atoms with E-state index in [0.29, 0.717) is 0 Å². The van der Waals surface area contributed by atoms with Crippen molar-refractivity contribution in [1.29, 1.82) is 0 Å². The molecule has 0 unspecified atom stereocenters. The van der Waals surface area contributed by atoms with Crippen LogP contribution in [-0.4, -0.2) is 27.9 Å². The predicted molar refractivity (Wildman–Crippen MR) is 99.7 cm³/mol. The van der Waals surface area contributed by atoms with Crippen LogP contribution in [0.1, 0.15) is 43.9 Å². The lowest BCUT2D eigenvalue weighted by atomic mass is 9.88. The molecule has 7 heteroatoms. The number of nitrogens with zero attached hydrogens (tertiary/aromatic N) is 2. The number of anilines is 1. The monoisotopic (exact) mass is 362 g/mol. The number of rotatable bonds is 6. The van der Waals surface area contributed by atoms with Gasteiger partial charge in [0, 0.05) is 6.54 Å². The maximum Gasteiger partial charge on any atom is 0.233 e. The Morgan fingerprint density at radius 3 is 3.08 bits per heavy atom. The molecule has 3 rings (SSSR count). The normalized spacial score (nSPS) is 17.8. The van der Waals surface area contributed by atoms with Gasteiger partial charge in [0.25, 0.3) is 0 Å². The molecule has 128 valence electrons. The van der Waals surface area contributed by atoms with Crippen LogP contribution in [0.25, 0.3) is 0 Å². The lowest BCUT2D eigenvalue weighted by molar-refractivity contribution is -0.121. The van der Waals surface area contributed by atoms with Crippen molar-refractivity contribution in [3.8, 4) is 0 Å². The van der Waals surface area contributed by atoms with Crippen LogP contribution in [0, 0.1) is 0 Å². The van der Waals surface area contributed by atoms with E-state index in [1.807, 2.05) is 19.9 Å². The van der Waals surface area contributed by atoms with Crippen molar-refractivity contribution in [3.05, 3.63) is 35.4 Å². The van der Waals surface area contributed by atoms with Crippen molar-refractivity contribution in [2.75, 3.05) is 11.9 Å². The summed E-state index contributed by atoms with van der Waals surface area (Å²) in [6.45, 7) is 4.76. The molecule has 1 aliphatic rings. The molecule has 0 spiro atoms. The van der Waals surface area contributed by atoms with E-state index in [-0.39, 0.29) is 17.2 Å². The standard InChI is InChI=1S/C17H22N4OS2/c1-3-18-16-20-21-17(24-16)23-11(2)15(22)19-14-10-6-8-12-7-4-5-9-13(12)14/h4-5,7,9,11,14H,3,6,8,10H2,1-2H3,(H,18,20)(H,19,22)/t11-,14-/m1/s1. The van der Waals surface area contributed by atoms with Gasteiger partial charge in [-0.25, -0.2) is 0 Å². The van der Waals surface area contributed by atoms with Crippen molar-refractivity contribution in [2.24, 2.45) is 0 Å². The lowest BCUT2D eigenvalue weighted by Crippen LogP contribution is -2.35. The van der Waals surface area contributed by atoms with Gasteiger partial charge < -0.3 is 10.6 Å². The molecule has 1 aliphatic carbocycles. The zero-order valence-corrected chi connectivity index (χ0v) is 15.5. The first-order valence-electron chi connectivity index (χ1n) is 8.29. The molecule has 2 N–H and O–H groups in total. The molecule has 0 bridgehead atoms. The lowest BCUT2D eigenvalue weighted by Gasteiger charge is -2.27. The van der Waals surface area contributed by atoms with Crippen molar-refractivity contribution in [1.82, 2.24) is 15.5 Å². The summed E-state index contributed by atoms with van der Waals surface area (Å²) in [4.78, 5) is 12.6. The van der Waals surface area contributed by atoms with Gasteiger partial charge in [-0.3, -0.25) is 4.79 Å². The number of benzene rings is 1. The van der Waals surface area contributed by atoms with E-state index in [4.69, 9.17) is 0 Å². The van der Waals surface area contributed by atoms with Gasteiger partial charge in [-0.2, -0.15) is 0 Å². The number of aryl methyl sites for hydroxylation is 1. The van der Waals surface area contributed by atoms with Crippen molar-refractivity contribution >= 4 is 34.1 Å². The van der Waals surface area contributed by atoms with E-state index in [1.165, 1.54) is 34.2 Å². The summed E-state index contributed by atoms with van der Waals surface area (Å²) in [5.74, 6) is 0.0573. The summed E-state index contributed by atoms with van der Waals surface area (Å²) in [6, 6.07) is 8.53. The minimum absolute atomic E-state index is 0.0573. The topological polar surface area (TPSA) is 66.9 Å². The number of carbonyl (C=O) groups excluding carboxylic acids is 1. The Balaban J connectivity index is 1.60. The van der Waals surface area contributed by atoms with Crippen LogP contribution in [0.3, 0.4) is 0 Å². The molecule has 1 aromatic carbocycles. The number of hydrogen-bond donors (Lipinski definition) is 2. The second-order valence-electron chi connectivity index (χ2n) is 5.82. The fraction of sp³-hybridized carbons (Fsp3) is 0.471. The van der Waals surface area contributed by atoms with Gasteiger partial charge in [0.2, 0.25) is 11.0 Å². The van der Waals surface area contributed by atoms with E-state index >= 15 is 0 Å². The molecule has 2 aromatic rings. The first-order valence-corrected chi connectivity index (χ1v) is 9.99. The Labute approximate surface area is 150 Å². The first-order chi connectivity index (χ1) is 11.7. The summed E-state index contributed by atoms with van der Waals surface area (Å²) in [7, 11) is 0. The minimum atomic E-state index is -0.193. The second-order valence-corrected chi connectivity index (χ2v) is 8.38. The molecular formula is C17H22N4OS2. The third kappa shape index (κ3) is 4.08. The Morgan fingerprint density at radius 2 is 2.25 bits per heavy atom. The van der Waals surface area contributed by atoms with E-state index in [1.54, 1.807) is 0 Å². The van der Waals surface area contributed by atoms with Crippen LogP contribution in [0.15, 0.2) is 28.6 Å². The molecule has 1 amide bonds. The van der Waals surface area contributed by atoms with Gasteiger partial charge >= 0.3 is 0 Å². The molecule has 2 atom stereocenters. The Hall–Kier alpha value is -1.60. The van der Waals surface area contributed by atoms with Gasteiger partial charge in [-0.15, -0.1) is 10.2 Å². The first kappa shape index (κ1) is 17.2. The third-order valence-corrected chi connectivity index (χ3v) is 6.13. The maximum absolute atomic E-state index is 12.6. The number of hydrogen-bond acceptors (Lipinski definition) is 6. The number of nitrogens with one attached hydrogen (secondary N) is 2. The van der Waals surface area contributed by atoms with Crippen LogP contribution < -0.4 is 10.6 Å². The number of amides is 1. The van der Waals surface area contributed by atoms with E-state index in [0.717, 1.165) is 35.3 Å². The van der Waals surface area contributed by atoms with E-state index < -0.39 is 0 Å². The number of aromatic nitrogens is 2. The molecule has 0 radical (unpaired) electrons. The summed E-state index contributed by atoms with van der Waals surface area (Å²) in [5.41, 5.74) is 2.62.